The average Bonchev–Trinajstić information content (AvgIpc) is 3.42. The first kappa shape index (κ1) is 36.4. The number of halogens is 6. The van der Waals surface area contributed by atoms with Gasteiger partial charge in [0.05, 0.1) is 6.61 Å². The molecule has 2 aliphatic carbocycles. The van der Waals surface area contributed by atoms with Crippen LogP contribution in [0.4, 0.5) is 26.3 Å². The van der Waals surface area contributed by atoms with E-state index in [9.17, 15) is 18.0 Å². The normalized spacial score (nSPS) is 50.5. The lowest BCUT2D eigenvalue weighted by Gasteiger charge is -2.62. The topological polar surface area (TPSA) is 100 Å². The summed E-state index contributed by atoms with van der Waals surface area (Å²) in [6.07, 6.45) is -10.2. The maximum Gasteiger partial charge on any atom is 0.449 e. The van der Waals surface area contributed by atoms with Crippen molar-refractivity contribution in [3.63, 3.8) is 0 Å². The van der Waals surface area contributed by atoms with Crippen molar-refractivity contribution < 1.29 is 74.4 Å². The summed E-state index contributed by atoms with van der Waals surface area (Å²) in [6.45, 7) is 7.96. The monoisotopic (exact) mass is 740 g/mol. The van der Waals surface area contributed by atoms with Gasteiger partial charge in [-0.2, -0.15) is 26.3 Å². The van der Waals surface area contributed by atoms with Crippen LogP contribution >= 0.6 is 0 Å². The second-order valence-corrected chi connectivity index (χ2v) is 16.6. The highest BCUT2D eigenvalue weighted by Gasteiger charge is 2.77. The van der Waals surface area contributed by atoms with Crippen molar-refractivity contribution in [2.75, 3.05) is 6.61 Å². The third-order valence-corrected chi connectivity index (χ3v) is 13.6. The molecule has 0 aromatic rings. The SMILES string of the molecule is C[C@@H]1CC[C@H]2C(C(=O)CCCO[C@@]3(C(F)(F)F)O[C@@H]4O[C@]5(C)CCC6[C@H](C)CC[C@@H]([C@H]3C)[C@]64OO5)=C(C(F)(F)F)O[C@@H]3O[C@]4(C)CCC1[C@]32OO4. The summed E-state index contributed by atoms with van der Waals surface area (Å²) in [5, 5.41) is 0. The number of allylic oxidation sites excluding steroid dienone is 1. The molecule has 8 heterocycles. The summed E-state index contributed by atoms with van der Waals surface area (Å²) >= 11 is 0. The molecule has 4 bridgehead atoms. The second kappa shape index (κ2) is 11.7. The Kier molecular flexibility index (Phi) is 8.39. The van der Waals surface area contributed by atoms with E-state index in [1.54, 1.807) is 13.8 Å². The van der Waals surface area contributed by atoms with Crippen molar-refractivity contribution >= 4 is 5.78 Å². The van der Waals surface area contributed by atoms with Gasteiger partial charge in [-0.1, -0.05) is 20.8 Å². The number of Topliss-reactive ketones (excluding diaryl/α,β-unsaturated/α-hetero) is 1. The van der Waals surface area contributed by atoms with Gasteiger partial charge in [0, 0.05) is 48.5 Å². The third kappa shape index (κ3) is 5.16. The van der Waals surface area contributed by atoms with Crippen molar-refractivity contribution in [2.45, 2.75) is 152 Å². The first-order valence-corrected chi connectivity index (χ1v) is 18.3. The van der Waals surface area contributed by atoms with Crippen LogP contribution in [0.3, 0.4) is 0 Å². The Labute approximate surface area is 291 Å². The highest BCUT2D eigenvalue weighted by Crippen LogP contribution is 2.65. The Hall–Kier alpha value is -1.53. The molecule has 7 saturated heterocycles. The number of alkyl halides is 6. The summed E-state index contributed by atoms with van der Waals surface area (Å²) in [7, 11) is 0. The van der Waals surface area contributed by atoms with Crippen molar-refractivity contribution in [2.24, 2.45) is 41.4 Å². The fourth-order valence-electron chi connectivity index (χ4n) is 11.0. The molecule has 14 atom stereocenters. The quantitative estimate of drug-likeness (QED) is 0.154. The van der Waals surface area contributed by atoms with Crippen molar-refractivity contribution in [1.29, 1.82) is 0 Å². The summed E-state index contributed by atoms with van der Waals surface area (Å²) in [5.41, 5.74) is -3.38. The van der Waals surface area contributed by atoms with E-state index < -0.39 is 101 Å². The number of ketones is 1. The molecule has 10 rings (SSSR count). The van der Waals surface area contributed by atoms with Crippen LogP contribution in [-0.4, -0.2) is 65.9 Å². The zero-order valence-electron chi connectivity index (χ0n) is 29.3. The number of carbonyl (C=O) groups excluding carboxylic acids is 1. The molecule has 2 unspecified atom stereocenters. The van der Waals surface area contributed by atoms with Crippen molar-refractivity contribution in [3.05, 3.63) is 11.3 Å². The molecule has 288 valence electrons. The number of ether oxygens (including phenoxy) is 5. The zero-order valence-corrected chi connectivity index (χ0v) is 29.3. The van der Waals surface area contributed by atoms with Gasteiger partial charge in [-0.25, -0.2) is 19.6 Å². The molecule has 0 aromatic heterocycles. The van der Waals surface area contributed by atoms with Crippen LogP contribution in [0.15, 0.2) is 11.3 Å². The summed E-state index contributed by atoms with van der Waals surface area (Å²) in [5.74, 6) is -11.6. The Balaban J connectivity index is 1.05. The van der Waals surface area contributed by atoms with Crippen LogP contribution in [0.25, 0.3) is 0 Å². The van der Waals surface area contributed by atoms with E-state index in [4.69, 9.17) is 43.2 Å². The number of hydrogen-bond donors (Lipinski definition) is 0. The lowest BCUT2D eigenvalue weighted by atomic mass is 9.57. The van der Waals surface area contributed by atoms with Crippen LogP contribution in [0, 0.1) is 41.4 Å². The molecule has 2 saturated carbocycles. The highest BCUT2D eigenvalue weighted by molar-refractivity contribution is 5.97. The highest BCUT2D eigenvalue weighted by atomic mass is 19.4. The molecule has 0 amide bonds. The predicted molar refractivity (Wildman–Crippen MR) is 159 cm³/mol. The molecular formula is C35H46F6O10. The molecule has 0 N–H and O–H groups in total. The van der Waals surface area contributed by atoms with Gasteiger partial charge >= 0.3 is 12.4 Å². The van der Waals surface area contributed by atoms with Crippen LogP contribution in [0.1, 0.15) is 98.8 Å². The summed E-state index contributed by atoms with van der Waals surface area (Å²) in [6, 6.07) is 0. The minimum absolute atomic E-state index is 0.0160. The van der Waals surface area contributed by atoms with E-state index >= 15 is 13.2 Å². The van der Waals surface area contributed by atoms with Gasteiger partial charge in [0.2, 0.25) is 23.6 Å². The molecule has 0 aromatic carbocycles. The molecule has 51 heavy (non-hydrogen) atoms. The lowest BCUT2D eigenvalue weighted by molar-refractivity contribution is -0.598. The van der Waals surface area contributed by atoms with E-state index in [1.807, 2.05) is 13.8 Å². The van der Waals surface area contributed by atoms with Crippen LogP contribution < -0.4 is 0 Å². The Bertz CT molecular complexity index is 1460. The van der Waals surface area contributed by atoms with Gasteiger partial charge in [-0.15, -0.1) is 0 Å². The van der Waals surface area contributed by atoms with E-state index in [0.29, 0.717) is 44.9 Å². The molecule has 10 aliphatic rings. The second-order valence-electron chi connectivity index (χ2n) is 16.6. The van der Waals surface area contributed by atoms with E-state index in [0.717, 1.165) is 0 Å². The molecular weight excluding hydrogens is 694 g/mol. The molecule has 10 nitrogen and oxygen atoms in total. The van der Waals surface area contributed by atoms with Gasteiger partial charge in [-0.05, 0) is 76.5 Å². The third-order valence-electron chi connectivity index (χ3n) is 13.6. The minimum Gasteiger partial charge on any atom is -0.456 e. The summed E-state index contributed by atoms with van der Waals surface area (Å²) < 4.78 is 119. The summed E-state index contributed by atoms with van der Waals surface area (Å²) in [4.78, 5) is 37.2. The Morgan fingerprint density at radius 1 is 0.745 bits per heavy atom. The van der Waals surface area contributed by atoms with Crippen molar-refractivity contribution in [3.8, 4) is 0 Å². The maximum atomic E-state index is 15.2. The van der Waals surface area contributed by atoms with Gasteiger partial charge in [0.1, 0.15) is 0 Å². The number of rotatable bonds is 6. The molecule has 9 fully saturated rings. The van der Waals surface area contributed by atoms with Gasteiger partial charge in [0.25, 0.3) is 5.79 Å². The van der Waals surface area contributed by atoms with E-state index in [-0.39, 0.29) is 36.5 Å². The van der Waals surface area contributed by atoms with Crippen LogP contribution in [0.2, 0.25) is 0 Å². The minimum atomic E-state index is -5.05. The first-order chi connectivity index (χ1) is 23.8. The Morgan fingerprint density at radius 2 is 1.33 bits per heavy atom. The number of carbonyl (C=O) groups is 1. The first-order valence-electron chi connectivity index (χ1n) is 18.3. The van der Waals surface area contributed by atoms with E-state index in [1.165, 1.54) is 6.92 Å². The van der Waals surface area contributed by atoms with Gasteiger partial charge in [0.15, 0.2) is 23.3 Å². The molecule has 0 radical (unpaired) electrons. The van der Waals surface area contributed by atoms with Gasteiger partial charge in [-0.3, -0.25) is 4.79 Å². The zero-order chi connectivity index (χ0) is 36.6. The molecule has 16 heteroatoms. The van der Waals surface area contributed by atoms with E-state index in [2.05, 4.69) is 0 Å². The maximum absolute atomic E-state index is 15.2. The average molecular weight is 741 g/mol. The van der Waals surface area contributed by atoms with Crippen LogP contribution in [0.5, 0.6) is 0 Å². The van der Waals surface area contributed by atoms with Crippen LogP contribution in [-0.2, 0) is 48.0 Å². The number of hydrogen-bond acceptors (Lipinski definition) is 10. The largest absolute Gasteiger partial charge is 0.456 e. The number of fused-ring (bicyclic) bond motifs is 4. The smallest absolute Gasteiger partial charge is 0.449 e. The molecule has 8 aliphatic heterocycles. The Morgan fingerprint density at radius 3 is 1.96 bits per heavy atom. The lowest BCUT2D eigenvalue weighted by Crippen LogP contribution is -2.76. The standard InChI is InChI=1S/C35H46F6O10/c1-17-8-10-22-19(3)33(35(39,40)41,47-28-31(22)20(17)12-15-30(5,46-28)49-50-31)43-16-6-7-24(42)25-23-11-9-18(2)21-13-14-29(4)45-27(32(21,23)51-48-29)44-26(25)34(36,37)38/h17-23,27-28H,6-16H2,1-5H3/t17-,18-,19-,20?,21?,22+,23+,27-,28+,29+,30+,31-,32-,33-/m1/s1. The molecule has 2 spiro atoms. The van der Waals surface area contributed by atoms with Gasteiger partial charge < -0.3 is 23.7 Å². The fourth-order valence-corrected chi connectivity index (χ4v) is 11.0. The predicted octanol–water partition coefficient (Wildman–Crippen LogP) is 7.56. The van der Waals surface area contributed by atoms with Crippen molar-refractivity contribution in [1.82, 2.24) is 0 Å². The fraction of sp³-hybridized carbons (Fsp3) is 0.914.